The quantitative estimate of drug-likeness (QED) is 0.635. The molecule has 2 aromatic rings. The van der Waals surface area contributed by atoms with Crippen LogP contribution < -0.4 is 21.3 Å². The molecule has 4 N–H and O–H groups in total. The van der Waals surface area contributed by atoms with Crippen molar-refractivity contribution in [1.29, 1.82) is 0 Å². The Kier molecular flexibility index (Phi) is 4.19. The number of benzene rings is 2. The van der Waals surface area contributed by atoms with Gasteiger partial charge in [-0.3, -0.25) is 24.5 Å². The molecular formula is C22H19FN4O4. The number of halogens is 1. The first-order chi connectivity index (χ1) is 14.9. The third-order valence-corrected chi connectivity index (χ3v) is 6.42. The molecule has 2 aromatic carbocycles. The lowest BCUT2D eigenvalue weighted by molar-refractivity contribution is -0.130. The number of primary amides is 1. The molecule has 3 heterocycles. The van der Waals surface area contributed by atoms with E-state index in [0.717, 1.165) is 4.90 Å². The highest BCUT2D eigenvalue weighted by Crippen LogP contribution is 2.54. The summed E-state index contributed by atoms with van der Waals surface area (Å²) in [5.74, 6) is -5.00. The summed E-state index contributed by atoms with van der Waals surface area (Å²) in [7, 11) is 0. The first-order valence-corrected chi connectivity index (χ1v) is 9.95. The summed E-state index contributed by atoms with van der Waals surface area (Å²) in [6, 6.07) is 11.8. The molecule has 0 radical (unpaired) electrons. The van der Waals surface area contributed by atoms with Crippen molar-refractivity contribution in [3.8, 4) is 0 Å². The molecule has 2 fully saturated rings. The molecule has 0 unspecified atom stereocenters. The molecule has 3 aliphatic heterocycles. The standard InChI is InChI=1S/C22H19FN4O4/c23-12-6-2-4-8-15(12)27-19(29)17-14(9-10-16(24)28)26-22(18(17)20(27)30)11-5-1-3-7-13(11)25-21(22)31/h1-8,14,17-18,26H,9-10H2,(H2,24,28)(H,25,31)/t14-,17-,18+,22-/m0/s1. The summed E-state index contributed by atoms with van der Waals surface area (Å²) in [5.41, 5.74) is 4.75. The third kappa shape index (κ3) is 2.56. The largest absolute Gasteiger partial charge is 0.370 e. The van der Waals surface area contributed by atoms with E-state index in [1.165, 1.54) is 24.3 Å². The van der Waals surface area contributed by atoms with Crippen molar-refractivity contribution in [3.63, 3.8) is 0 Å². The van der Waals surface area contributed by atoms with Gasteiger partial charge >= 0.3 is 0 Å². The number of imide groups is 1. The molecule has 0 aliphatic carbocycles. The third-order valence-electron chi connectivity index (χ3n) is 6.42. The molecule has 4 atom stereocenters. The lowest BCUT2D eigenvalue weighted by atomic mass is 9.76. The maximum atomic E-state index is 14.5. The van der Waals surface area contributed by atoms with Gasteiger partial charge in [0.2, 0.25) is 23.6 Å². The summed E-state index contributed by atoms with van der Waals surface area (Å²) >= 11 is 0. The molecule has 0 bridgehead atoms. The second-order valence-electron chi connectivity index (χ2n) is 8.03. The number of para-hydroxylation sites is 2. The van der Waals surface area contributed by atoms with E-state index in [1.807, 2.05) is 0 Å². The fraction of sp³-hybridized carbons (Fsp3) is 0.273. The monoisotopic (exact) mass is 422 g/mol. The lowest BCUT2D eigenvalue weighted by Crippen LogP contribution is -2.53. The van der Waals surface area contributed by atoms with Crippen LogP contribution in [0, 0.1) is 17.7 Å². The smallest absolute Gasteiger partial charge is 0.250 e. The molecule has 5 rings (SSSR count). The lowest BCUT2D eigenvalue weighted by Gasteiger charge is -2.29. The molecule has 158 valence electrons. The number of nitrogens with two attached hydrogens (primary N) is 1. The first kappa shape index (κ1) is 19.4. The van der Waals surface area contributed by atoms with Gasteiger partial charge < -0.3 is 11.1 Å². The maximum Gasteiger partial charge on any atom is 0.250 e. The summed E-state index contributed by atoms with van der Waals surface area (Å²) in [6.45, 7) is 0. The Bertz CT molecular complexity index is 1150. The van der Waals surface area contributed by atoms with Gasteiger partial charge in [0.15, 0.2) is 0 Å². The summed E-state index contributed by atoms with van der Waals surface area (Å²) in [5, 5.41) is 5.98. The van der Waals surface area contributed by atoms with E-state index in [1.54, 1.807) is 24.3 Å². The number of carbonyl (C=O) groups excluding carboxylic acids is 4. The minimum absolute atomic E-state index is 0.0264. The van der Waals surface area contributed by atoms with Crippen LogP contribution in [0.15, 0.2) is 48.5 Å². The topological polar surface area (TPSA) is 122 Å². The van der Waals surface area contributed by atoms with Gasteiger partial charge in [-0.25, -0.2) is 9.29 Å². The Balaban J connectivity index is 1.66. The fourth-order valence-electron chi connectivity index (χ4n) is 5.18. The summed E-state index contributed by atoms with van der Waals surface area (Å²) in [6.07, 6.45) is 0.138. The number of anilines is 2. The van der Waals surface area contributed by atoms with Crippen LogP contribution in [-0.2, 0) is 24.7 Å². The number of carbonyl (C=O) groups is 4. The van der Waals surface area contributed by atoms with Gasteiger partial charge in [0.05, 0.1) is 17.5 Å². The Morgan fingerprint density at radius 1 is 1.06 bits per heavy atom. The van der Waals surface area contributed by atoms with E-state index in [2.05, 4.69) is 10.6 Å². The number of nitrogens with one attached hydrogen (secondary N) is 2. The van der Waals surface area contributed by atoms with Crippen molar-refractivity contribution in [3.05, 3.63) is 59.9 Å². The minimum Gasteiger partial charge on any atom is -0.370 e. The number of hydrogen-bond donors (Lipinski definition) is 3. The summed E-state index contributed by atoms with van der Waals surface area (Å²) in [4.78, 5) is 52.4. The molecule has 0 aromatic heterocycles. The van der Waals surface area contributed by atoms with Crippen molar-refractivity contribution >= 4 is 35.0 Å². The molecule has 8 nitrogen and oxygen atoms in total. The predicted octanol–water partition coefficient (Wildman–Crippen LogP) is 1.02. The normalized spacial score (nSPS) is 28.7. The molecule has 3 aliphatic rings. The predicted molar refractivity (Wildman–Crippen MR) is 108 cm³/mol. The zero-order valence-corrected chi connectivity index (χ0v) is 16.3. The highest BCUT2D eigenvalue weighted by molar-refractivity contribution is 6.25. The molecule has 31 heavy (non-hydrogen) atoms. The Hall–Kier alpha value is -3.59. The van der Waals surface area contributed by atoms with Crippen molar-refractivity contribution in [1.82, 2.24) is 5.32 Å². The van der Waals surface area contributed by atoms with E-state index in [0.29, 0.717) is 11.3 Å². The van der Waals surface area contributed by atoms with Gasteiger partial charge in [-0.05, 0) is 24.6 Å². The van der Waals surface area contributed by atoms with Gasteiger partial charge in [-0.1, -0.05) is 30.3 Å². The van der Waals surface area contributed by atoms with Crippen LogP contribution in [0.2, 0.25) is 0 Å². The number of hydrogen-bond acceptors (Lipinski definition) is 5. The Morgan fingerprint density at radius 3 is 2.52 bits per heavy atom. The molecule has 1 spiro atoms. The van der Waals surface area contributed by atoms with Crippen LogP contribution >= 0.6 is 0 Å². The SMILES string of the molecule is NC(=O)CC[C@@H]1N[C@]2(C(=O)Nc3ccccc32)[C@H]2C(=O)N(c3ccccc3F)C(=O)[C@@H]12. The number of amides is 4. The van der Waals surface area contributed by atoms with Crippen molar-refractivity contribution in [2.45, 2.75) is 24.4 Å². The average molecular weight is 422 g/mol. The van der Waals surface area contributed by atoms with E-state index in [-0.39, 0.29) is 18.5 Å². The van der Waals surface area contributed by atoms with Gasteiger partial charge in [0.25, 0.3) is 0 Å². The van der Waals surface area contributed by atoms with Crippen molar-refractivity contribution < 1.29 is 23.6 Å². The average Bonchev–Trinajstić information content (AvgIpc) is 3.32. The maximum absolute atomic E-state index is 14.5. The van der Waals surface area contributed by atoms with Crippen LogP contribution in [0.4, 0.5) is 15.8 Å². The van der Waals surface area contributed by atoms with E-state index in [9.17, 15) is 23.6 Å². The highest BCUT2D eigenvalue weighted by atomic mass is 19.1. The van der Waals surface area contributed by atoms with Crippen LogP contribution in [0.5, 0.6) is 0 Å². The second kappa shape index (κ2) is 6.71. The van der Waals surface area contributed by atoms with Gasteiger partial charge in [-0.2, -0.15) is 0 Å². The van der Waals surface area contributed by atoms with E-state index in [4.69, 9.17) is 5.73 Å². The van der Waals surface area contributed by atoms with Crippen molar-refractivity contribution in [2.75, 3.05) is 10.2 Å². The van der Waals surface area contributed by atoms with Crippen molar-refractivity contribution in [2.24, 2.45) is 17.6 Å². The van der Waals surface area contributed by atoms with Gasteiger partial charge in [-0.15, -0.1) is 0 Å². The number of nitrogens with zero attached hydrogens (tertiary/aromatic N) is 1. The minimum atomic E-state index is -1.49. The second-order valence-corrected chi connectivity index (χ2v) is 8.03. The zero-order chi connectivity index (χ0) is 21.9. The Labute approximate surface area is 176 Å². The van der Waals surface area contributed by atoms with Crippen LogP contribution in [0.1, 0.15) is 18.4 Å². The Morgan fingerprint density at radius 2 is 1.77 bits per heavy atom. The molecule has 2 saturated heterocycles. The number of rotatable bonds is 4. The van der Waals surface area contributed by atoms with Gasteiger partial charge in [0.1, 0.15) is 11.4 Å². The van der Waals surface area contributed by atoms with Gasteiger partial charge in [0, 0.05) is 23.7 Å². The number of fused-ring (bicyclic) bond motifs is 4. The fourth-order valence-corrected chi connectivity index (χ4v) is 5.18. The highest BCUT2D eigenvalue weighted by Gasteiger charge is 2.70. The van der Waals surface area contributed by atoms with Crippen LogP contribution in [0.25, 0.3) is 0 Å². The molecular weight excluding hydrogens is 403 g/mol. The molecule has 0 saturated carbocycles. The molecule has 4 amide bonds. The molecule has 9 heteroatoms. The van der Waals surface area contributed by atoms with E-state index < -0.39 is 52.9 Å². The van der Waals surface area contributed by atoms with Crippen LogP contribution in [0.3, 0.4) is 0 Å². The first-order valence-electron chi connectivity index (χ1n) is 9.95. The summed E-state index contributed by atoms with van der Waals surface area (Å²) < 4.78 is 14.5. The van der Waals surface area contributed by atoms with Crippen LogP contribution in [-0.4, -0.2) is 29.7 Å². The zero-order valence-electron chi connectivity index (χ0n) is 16.3. The van der Waals surface area contributed by atoms with E-state index >= 15 is 0 Å².